The second-order valence-corrected chi connectivity index (χ2v) is 10.5. The van der Waals surface area contributed by atoms with Crippen LogP contribution in [0.25, 0.3) is 10.6 Å². The molecule has 0 aliphatic carbocycles. The number of benzene rings is 1. The van der Waals surface area contributed by atoms with Gasteiger partial charge in [-0.2, -0.15) is 13.1 Å². The maximum atomic E-state index is 5.82. The summed E-state index contributed by atoms with van der Waals surface area (Å²) < 4.78 is 4.51. The van der Waals surface area contributed by atoms with Crippen molar-refractivity contribution in [1.29, 1.82) is 0 Å². The standard InChI is InChI=1S/C12H17N.C10H22N2.ClH.V/c1-8(2)10-6-5-7-11(9(3)4)12(10)13;1-9(2,3)11-7-8-12-10(4,5)6;;/h5-9H,1-4H3;7-8H2,1-6H3;1H;/q;-2;;+1/p-1. The molecule has 1 aromatic carbocycles. The van der Waals surface area contributed by atoms with E-state index in [-0.39, 0.29) is 11.1 Å². The van der Waals surface area contributed by atoms with Gasteiger partial charge in [0.1, 0.15) is 0 Å². The zero-order valence-corrected chi connectivity index (χ0v) is 21.1. The number of rotatable bonds is 6. The summed E-state index contributed by atoms with van der Waals surface area (Å²) in [5, 5.41) is 8.93. The average molecular weight is 432 g/mol. The molecule has 0 bridgehead atoms. The van der Waals surface area contributed by atoms with Crippen molar-refractivity contribution in [3.8, 4) is 0 Å². The third kappa shape index (κ3) is 12.8. The minimum absolute atomic E-state index is 0.0907. The van der Waals surface area contributed by atoms with E-state index in [1.54, 1.807) is 0 Å². The summed E-state index contributed by atoms with van der Waals surface area (Å²) in [6.07, 6.45) is 0. The molecular formula is C22H39ClN3V-2. The van der Waals surface area contributed by atoms with Crippen LogP contribution in [-0.4, -0.2) is 24.2 Å². The van der Waals surface area contributed by atoms with E-state index in [0.717, 1.165) is 18.8 Å². The number of hydrogen-bond acceptors (Lipinski definition) is 1. The van der Waals surface area contributed by atoms with Gasteiger partial charge in [-0.3, -0.25) is 0 Å². The van der Waals surface area contributed by atoms with E-state index in [0.29, 0.717) is 11.8 Å². The van der Waals surface area contributed by atoms with Crippen LogP contribution in [0.2, 0.25) is 0 Å². The van der Waals surface area contributed by atoms with Crippen LogP contribution in [0.15, 0.2) is 22.0 Å². The zero-order valence-electron chi connectivity index (χ0n) is 19.0. The Morgan fingerprint density at radius 2 is 1.22 bits per heavy atom. The van der Waals surface area contributed by atoms with Crippen molar-refractivity contribution in [2.75, 3.05) is 13.1 Å². The molecule has 1 rings (SSSR count). The van der Waals surface area contributed by atoms with Crippen LogP contribution in [0, 0.1) is 0 Å². The van der Waals surface area contributed by atoms with Gasteiger partial charge in [0.2, 0.25) is 0 Å². The Hall–Kier alpha value is -0.186. The van der Waals surface area contributed by atoms with Crippen LogP contribution in [-0.2, 0) is 15.1 Å². The van der Waals surface area contributed by atoms with Gasteiger partial charge in [-0.15, -0.1) is 11.1 Å². The Morgan fingerprint density at radius 3 is 1.48 bits per heavy atom. The fourth-order valence-electron chi connectivity index (χ4n) is 2.44. The maximum absolute atomic E-state index is 5.82. The predicted octanol–water partition coefficient (Wildman–Crippen LogP) is 8.32. The van der Waals surface area contributed by atoms with E-state index >= 15 is 0 Å². The topological polar surface area (TPSA) is 40.6 Å². The fraction of sp³-hybridized carbons (Fsp3) is 0.727. The molecule has 0 amide bonds. The molecule has 0 heterocycles. The van der Waals surface area contributed by atoms with Crippen molar-refractivity contribution in [3.63, 3.8) is 0 Å². The van der Waals surface area contributed by atoms with Crippen LogP contribution >= 0.6 is 9.85 Å². The summed E-state index contributed by atoms with van der Waals surface area (Å²) in [6.45, 7) is 23.2. The van der Waals surface area contributed by atoms with Gasteiger partial charge >= 0.3 is 103 Å². The van der Waals surface area contributed by atoms with Crippen LogP contribution in [0.1, 0.15) is 92.2 Å². The van der Waals surface area contributed by atoms with E-state index in [2.05, 4.69) is 102 Å². The van der Waals surface area contributed by atoms with E-state index in [1.165, 1.54) is 11.1 Å². The Kier molecular flexibility index (Phi) is 12.3. The molecule has 3 nitrogen and oxygen atoms in total. The Balaban J connectivity index is 0.000000516. The molecule has 0 aromatic heterocycles. The van der Waals surface area contributed by atoms with Gasteiger partial charge in [0.25, 0.3) is 0 Å². The average Bonchev–Trinajstić information content (AvgIpc) is 2.50. The van der Waals surface area contributed by atoms with Crippen molar-refractivity contribution in [3.05, 3.63) is 40.0 Å². The molecule has 0 saturated carbocycles. The molecule has 1 aromatic rings. The van der Waals surface area contributed by atoms with Gasteiger partial charge in [0, 0.05) is 0 Å². The summed E-state index contributed by atoms with van der Waals surface area (Å²) in [7, 11) is 5.82. The molecule has 0 N–H and O–H groups in total. The van der Waals surface area contributed by atoms with Gasteiger partial charge < -0.3 is 10.6 Å². The van der Waals surface area contributed by atoms with Gasteiger partial charge in [-0.25, -0.2) is 0 Å². The van der Waals surface area contributed by atoms with Crippen molar-refractivity contribution in [2.45, 2.75) is 92.2 Å². The molecule has 0 spiro atoms. The quantitative estimate of drug-likeness (QED) is 0.406. The molecule has 5 heteroatoms. The molecule has 27 heavy (non-hydrogen) atoms. The summed E-state index contributed by atoms with van der Waals surface area (Å²) in [5.41, 5.74) is 3.95. The Morgan fingerprint density at radius 1 is 0.852 bits per heavy atom. The SMILES string of the molecule is CC(C)(C)[N-]CC[N-]C(C)(C)C.CC(C)c1cccc(C(C)C)c1[N]=[V][Cl]. The summed E-state index contributed by atoms with van der Waals surface area (Å²) >= 11 is -0.426. The normalized spacial score (nSPS) is 12.6. The molecule has 156 valence electrons. The molecule has 0 atom stereocenters. The van der Waals surface area contributed by atoms with Gasteiger partial charge in [-0.05, 0) is 0 Å². The van der Waals surface area contributed by atoms with Crippen molar-refractivity contribution in [2.24, 2.45) is 3.79 Å². The zero-order chi connectivity index (χ0) is 21.3. The van der Waals surface area contributed by atoms with Gasteiger partial charge in [0.15, 0.2) is 0 Å². The number of halogens is 1. The first-order valence-corrected chi connectivity index (χ1v) is 12.3. The molecule has 0 unspecified atom stereocenters. The summed E-state index contributed by atoms with van der Waals surface area (Å²) in [4.78, 5) is 0. The molecule has 0 saturated heterocycles. The Labute approximate surface area is 179 Å². The predicted molar refractivity (Wildman–Crippen MR) is 119 cm³/mol. The van der Waals surface area contributed by atoms with E-state index in [9.17, 15) is 0 Å². The third-order valence-corrected chi connectivity index (χ3v) is 4.49. The minimum atomic E-state index is -0.426. The van der Waals surface area contributed by atoms with Gasteiger partial charge in [-0.1, -0.05) is 41.5 Å². The second kappa shape index (κ2) is 12.4. The number of nitrogens with zero attached hydrogens (tertiary/aromatic N) is 3. The van der Waals surface area contributed by atoms with E-state index in [4.69, 9.17) is 9.85 Å². The molecule has 0 fully saturated rings. The van der Waals surface area contributed by atoms with Crippen LogP contribution in [0.3, 0.4) is 0 Å². The first-order chi connectivity index (χ1) is 12.3. The molecular weight excluding hydrogens is 393 g/mol. The summed E-state index contributed by atoms with van der Waals surface area (Å²) in [6, 6.07) is 6.43. The summed E-state index contributed by atoms with van der Waals surface area (Å²) in [5.74, 6) is 1.01. The first kappa shape index (κ1) is 26.8. The number of hydrogen-bond donors (Lipinski definition) is 0. The monoisotopic (exact) mass is 431 g/mol. The van der Waals surface area contributed by atoms with Crippen LogP contribution in [0.4, 0.5) is 5.69 Å². The molecule has 0 aliphatic rings. The van der Waals surface area contributed by atoms with Crippen molar-refractivity contribution in [1.82, 2.24) is 0 Å². The van der Waals surface area contributed by atoms with Crippen molar-refractivity contribution >= 4 is 15.5 Å². The van der Waals surface area contributed by atoms with E-state index < -0.39 is 15.1 Å². The second-order valence-electron chi connectivity index (χ2n) is 9.38. The fourth-order valence-corrected chi connectivity index (χ4v) is 3.23. The van der Waals surface area contributed by atoms with Crippen LogP contribution < -0.4 is 0 Å². The Bertz CT molecular complexity index is 528. The van der Waals surface area contributed by atoms with Crippen LogP contribution in [0.5, 0.6) is 0 Å². The van der Waals surface area contributed by atoms with E-state index in [1.807, 2.05) is 0 Å². The first-order valence-electron chi connectivity index (χ1n) is 9.80. The molecule has 0 aliphatic heterocycles. The molecule has 0 radical (unpaired) electrons. The third-order valence-electron chi connectivity index (χ3n) is 3.75. The van der Waals surface area contributed by atoms with Gasteiger partial charge in [0.05, 0.1) is 0 Å². The van der Waals surface area contributed by atoms with Crippen molar-refractivity contribution < 1.29 is 15.1 Å².